The number of hydrogen-bond donors (Lipinski definition) is 1. The van der Waals surface area contributed by atoms with E-state index in [-0.39, 0.29) is 17.4 Å². The van der Waals surface area contributed by atoms with Gasteiger partial charge in [0.1, 0.15) is 5.75 Å². The van der Waals surface area contributed by atoms with Gasteiger partial charge in [0, 0.05) is 11.4 Å². The van der Waals surface area contributed by atoms with Gasteiger partial charge in [0.15, 0.2) is 0 Å². The number of amides is 1. The van der Waals surface area contributed by atoms with Crippen molar-refractivity contribution in [3.8, 4) is 5.75 Å². The summed E-state index contributed by atoms with van der Waals surface area (Å²) in [5, 5.41) is 3.42. The molecule has 0 fully saturated rings. The third-order valence-corrected chi connectivity index (χ3v) is 3.41. The molecular formula is C14H18BrF2NO2. The lowest BCUT2D eigenvalue weighted by molar-refractivity contribution is -0.0501. The molecule has 1 amide bonds. The Morgan fingerprint density at radius 3 is 2.55 bits per heavy atom. The molecule has 0 bridgehead atoms. The van der Waals surface area contributed by atoms with Crippen LogP contribution < -0.4 is 10.1 Å². The minimum absolute atomic E-state index is 0.0536. The van der Waals surface area contributed by atoms with Crippen molar-refractivity contribution in [2.45, 2.75) is 32.9 Å². The van der Waals surface area contributed by atoms with Crippen LogP contribution in [0, 0.1) is 5.92 Å². The first-order chi connectivity index (χ1) is 9.43. The standard InChI is InChI=1S/C14H18BrF2NO2/c1-9(2)7-10(8-15)18-13(19)11-5-3-4-6-12(11)20-14(16)17/h3-6,9-10,14H,7-8H2,1-2H3,(H,18,19). The Morgan fingerprint density at radius 2 is 2.00 bits per heavy atom. The van der Waals surface area contributed by atoms with E-state index in [4.69, 9.17) is 0 Å². The van der Waals surface area contributed by atoms with Crippen LogP contribution >= 0.6 is 15.9 Å². The number of benzene rings is 1. The molecule has 1 atom stereocenters. The average molecular weight is 350 g/mol. The summed E-state index contributed by atoms with van der Waals surface area (Å²) in [6, 6.07) is 5.92. The maximum Gasteiger partial charge on any atom is 0.387 e. The Morgan fingerprint density at radius 1 is 1.35 bits per heavy atom. The van der Waals surface area contributed by atoms with Gasteiger partial charge in [-0.05, 0) is 24.5 Å². The number of rotatable bonds is 7. The number of para-hydroxylation sites is 1. The first kappa shape index (κ1) is 16.9. The first-order valence-electron chi connectivity index (χ1n) is 6.34. The molecule has 1 aromatic carbocycles. The second-order valence-corrected chi connectivity index (χ2v) is 5.48. The van der Waals surface area contributed by atoms with Crippen molar-refractivity contribution >= 4 is 21.8 Å². The van der Waals surface area contributed by atoms with Crippen molar-refractivity contribution in [1.82, 2.24) is 5.32 Å². The summed E-state index contributed by atoms with van der Waals surface area (Å²) in [4.78, 5) is 12.1. The number of halogens is 3. The van der Waals surface area contributed by atoms with Crippen LogP contribution in [0.15, 0.2) is 24.3 Å². The zero-order valence-electron chi connectivity index (χ0n) is 11.4. The lowest BCUT2D eigenvalue weighted by Gasteiger charge is -2.19. The third-order valence-electron chi connectivity index (χ3n) is 2.63. The molecule has 1 N–H and O–H groups in total. The Hall–Kier alpha value is -1.17. The van der Waals surface area contributed by atoms with Gasteiger partial charge in [-0.1, -0.05) is 41.9 Å². The van der Waals surface area contributed by atoms with Gasteiger partial charge in [-0.2, -0.15) is 8.78 Å². The fraction of sp³-hybridized carbons (Fsp3) is 0.500. The molecule has 112 valence electrons. The summed E-state index contributed by atoms with van der Waals surface area (Å²) in [6.45, 7) is 1.15. The molecular weight excluding hydrogens is 332 g/mol. The molecule has 20 heavy (non-hydrogen) atoms. The molecule has 0 radical (unpaired) electrons. The summed E-state index contributed by atoms with van der Waals surface area (Å²) in [7, 11) is 0. The number of carbonyl (C=O) groups is 1. The maximum atomic E-state index is 12.3. The van der Waals surface area contributed by atoms with Gasteiger partial charge in [-0.15, -0.1) is 0 Å². The summed E-state index contributed by atoms with van der Waals surface area (Å²) in [5.41, 5.74) is 0.113. The zero-order chi connectivity index (χ0) is 15.1. The molecule has 0 spiro atoms. The fourth-order valence-electron chi connectivity index (χ4n) is 1.85. The molecule has 0 aromatic heterocycles. The molecule has 0 aliphatic carbocycles. The van der Waals surface area contributed by atoms with E-state index in [0.717, 1.165) is 6.42 Å². The molecule has 1 unspecified atom stereocenters. The van der Waals surface area contributed by atoms with Crippen LogP contribution in [-0.4, -0.2) is 23.9 Å². The summed E-state index contributed by atoms with van der Waals surface area (Å²) in [5.74, 6) is -0.102. The van der Waals surface area contributed by atoms with Gasteiger partial charge in [0.25, 0.3) is 5.91 Å². The highest BCUT2D eigenvalue weighted by Gasteiger charge is 2.18. The second-order valence-electron chi connectivity index (χ2n) is 4.83. The van der Waals surface area contributed by atoms with Gasteiger partial charge in [0.2, 0.25) is 0 Å². The minimum atomic E-state index is -2.95. The van der Waals surface area contributed by atoms with E-state index in [1.807, 2.05) is 0 Å². The van der Waals surface area contributed by atoms with Crippen LogP contribution in [0.3, 0.4) is 0 Å². The molecule has 0 saturated heterocycles. The largest absolute Gasteiger partial charge is 0.434 e. The van der Waals surface area contributed by atoms with Gasteiger partial charge >= 0.3 is 6.61 Å². The van der Waals surface area contributed by atoms with Gasteiger partial charge in [-0.3, -0.25) is 4.79 Å². The molecule has 1 aromatic rings. The van der Waals surface area contributed by atoms with E-state index in [9.17, 15) is 13.6 Å². The fourth-order valence-corrected chi connectivity index (χ4v) is 2.27. The summed E-state index contributed by atoms with van der Waals surface area (Å²) in [6.07, 6.45) is 0.800. The predicted octanol–water partition coefficient (Wildman–Crippen LogP) is 3.83. The normalized spacial score (nSPS) is 12.6. The Kier molecular flexibility index (Phi) is 6.91. The minimum Gasteiger partial charge on any atom is -0.434 e. The van der Waals surface area contributed by atoms with E-state index >= 15 is 0 Å². The summed E-state index contributed by atoms with van der Waals surface area (Å²) < 4.78 is 29.0. The first-order valence-corrected chi connectivity index (χ1v) is 7.46. The second kappa shape index (κ2) is 8.19. The highest BCUT2D eigenvalue weighted by molar-refractivity contribution is 9.09. The monoisotopic (exact) mass is 349 g/mol. The Balaban J connectivity index is 2.80. The van der Waals surface area contributed by atoms with Crippen LogP contribution in [0.5, 0.6) is 5.75 Å². The predicted molar refractivity (Wildman–Crippen MR) is 77.6 cm³/mol. The Bertz CT molecular complexity index is 441. The van der Waals surface area contributed by atoms with Crippen LogP contribution in [0.4, 0.5) is 8.78 Å². The van der Waals surface area contributed by atoms with Crippen molar-refractivity contribution in [3.05, 3.63) is 29.8 Å². The van der Waals surface area contributed by atoms with Crippen molar-refractivity contribution in [1.29, 1.82) is 0 Å². The molecule has 0 aliphatic rings. The number of alkyl halides is 3. The lowest BCUT2D eigenvalue weighted by Crippen LogP contribution is -2.37. The number of hydrogen-bond acceptors (Lipinski definition) is 2. The van der Waals surface area contributed by atoms with Crippen LogP contribution in [-0.2, 0) is 0 Å². The van der Waals surface area contributed by atoms with E-state index in [2.05, 4.69) is 39.8 Å². The number of carbonyl (C=O) groups excluding carboxylic acids is 1. The molecule has 1 rings (SSSR count). The van der Waals surface area contributed by atoms with Gasteiger partial charge in [0.05, 0.1) is 5.56 Å². The third kappa shape index (κ3) is 5.45. The van der Waals surface area contributed by atoms with Crippen LogP contribution in [0.25, 0.3) is 0 Å². The van der Waals surface area contributed by atoms with Crippen molar-refractivity contribution in [3.63, 3.8) is 0 Å². The topological polar surface area (TPSA) is 38.3 Å². The van der Waals surface area contributed by atoms with Crippen LogP contribution in [0.2, 0.25) is 0 Å². The van der Waals surface area contributed by atoms with E-state index in [1.165, 1.54) is 12.1 Å². The number of nitrogens with one attached hydrogen (secondary N) is 1. The van der Waals surface area contributed by atoms with Gasteiger partial charge in [-0.25, -0.2) is 0 Å². The van der Waals surface area contributed by atoms with Crippen molar-refractivity contribution in [2.24, 2.45) is 5.92 Å². The highest BCUT2D eigenvalue weighted by atomic mass is 79.9. The highest BCUT2D eigenvalue weighted by Crippen LogP contribution is 2.20. The summed E-state index contributed by atoms with van der Waals surface area (Å²) >= 11 is 3.34. The number of ether oxygens (including phenoxy) is 1. The van der Waals surface area contributed by atoms with Gasteiger partial charge < -0.3 is 10.1 Å². The van der Waals surface area contributed by atoms with E-state index in [1.54, 1.807) is 12.1 Å². The van der Waals surface area contributed by atoms with Crippen LogP contribution in [0.1, 0.15) is 30.6 Å². The quantitative estimate of drug-likeness (QED) is 0.759. The van der Waals surface area contributed by atoms with E-state index in [0.29, 0.717) is 11.2 Å². The zero-order valence-corrected chi connectivity index (χ0v) is 13.0. The molecule has 0 saturated carbocycles. The molecule has 0 aliphatic heterocycles. The lowest BCUT2D eigenvalue weighted by atomic mass is 10.0. The van der Waals surface area contributed by atoms with Crippen molar-refractivity contribution < 1.29 is 18.3 Å². The van der Waals surface area contributed by atoms with Crippen molar-refractivity contribution in [2.75, 3.05) is 5.33 Å². The maximum absolute atomic E-state index is 12.3. The molecule has 6 heteroatoms. The average Bonchev–Trinajstić information content (AvgIpc) is 2.37. The molecule has 3 nitrogen and oxygen atoms in total. The Labute approximate surface area is 125 Å². The SMILES string of the molecule is CC(C)CC(CBr)NC(=O)c1ccccc1OC(F)F. The molecule has 0 heterocycles. The van der Waals surface area contributed by atoms with E-state index < -0.39 is 12.5 Å². The smallest absolute Gasteiger partial charge is 0.387 e.